The number of anilines is 1. The van der Waals surface area contributed by atoms with Crippen LogP contribution in [0.3, 0.4) is 0 Å². The highest BCUT2D eigenvalue weighted by Crippen LogP contribution is 2.38. The zero-order chi connectivity index (χ0) is 28.8. The summed E-state index contributed by atoms with van der Waals surface area (Å²) in [4.78, 5) is 28.2. The second kappa shape index (κ2) is 11.0. The van der Waals surface area contributed by atoms with Crippen LogP contribution in [0, 0.1) is 6.92 Å². The average molecular weight is 562 g/mol. The fourth-order valence-corrected chi connectivity index (χ4v) is 7.01. The molecule has 1 saturated carbocycles. The van der Waals surface area contributed by atoms with Crippen LogP contribution in [0.25, 0.3) is 27.7 Å². The van der Waals surface area contributed by atoms with Gasteiger partial charge in [-0.2, -0.15) is 0 Å². The molecule has 7 rings (SSSR count). The van der Waals surface area contributed by atoms with Gasteiger partial charge < -0.3 is 14.8 Å². The fraction of sp³-hybridized carbons (Fsp3) is 0.382. The lowest BCUT2D eigenvalue weighted by atomic mass is 9.84. The number of rotatable bonds is 5. The molecule has 1 aliphatic heterocycles. The van der Waals surface area contributed by atoms with E-state index in [0.29, 0.717) is 17.7 Å². The van der Waals surface area contributed by atoms with Gasteiger partial charge in [0.25, 0.3) is 5.91 Å². The highest BCUT2D eigenvalue weighted by Gasteiger charge is 2.31. The number of aromatic nitrogens is 4. The Hall–Kier alpha value is -4.01. The molecule has 2 aliphatic rings. The summed E-state index contributed by atoms with van der Waals surface area (Å²) in [5.74, 6) is 1.47. The van der Waals surface area contributed by atoms with Crippen molar-refractivity contribution in [2.75, 3.05) is 38.5 Å². The van der Waals surface area contributed by atoms with E-state index >= 15 is 0 Å². The van der Waals surface area contributed by atoms with E-state index < -0.39 is 0 Å². The molecule has 1 amide bonds. The van der Waals surface area contributed by atoms with Gasteiger partial charge in [0.05, 0.1) is 16.9 Å². The zero-order valence-corrected chi connectivity index (χ0v) is 24.8. The Balaban J connectivity index is 1.11. The number of benzene rings is 2. The SMILES string of the molecule is Cc1nccn2c(C3CCC(N4CCN(C)CC4)CC3)nc(-c3ccc(NC(=O)c4cc5ccccc5n4C)cc3)c12. The first-order valence-corrected chi connectivity index (χ1v) is 15.2. The van der Waals surface area contributed by atoms with Crippen LogP contribution < -0.4 is 5.32 Å². The van der Waals surface area contributed by atoms with E-state index in [9.17, 15) is 4.79 Å². The largest absolute Gasteiger partial charge is 0.340 e. The first-order chi connectivity index (χ1) is 20.5. The van der Waals surface area contributed by atoms with Gasteiger partial charge in [0.2, 0.25) is 0 Å². The molecule has 8 nitrogen and oxygen atoms in total. The molecule has 0 atom stereocenters. The molecule has 0 spiro atoms. The number of carbonyl (C=O) groups is 1. The molecule has 1 saturated heterocycles. The number of hydrogen-bond donors (Lipinski definition) is 1. The summed E-state index contributed by atoms with van der Waals surface area (Å²) in [6.45, 7) is 6.78. The molecule has 5 aromatic rings. The Morgan fingerprint density at radius 3 is 2.40 bits per heavy atom. The molecule has 4 heterocycles. The minimum Gasteiger partial charge on any atom is -0.340 e. The molecular formula is C34H39N7O. The van der Waals surface area contributed by atoms with Crippen molar-refractivity contribution in [3.05, 3.63) is 84.2 Å². The molecule has 216 valence electrons. The van der Waals surface area contributed by atoms with Crippen LogP contribution in [0.5, 0.6) is 0 Å². The van der Waals surface area contributed by atoms with Gasteiger partial charge in [-0.25, -0.2) is 4.98 Å². The van der Waals surface area contributed by atoms with Crippen molar-refractivity contribution in [1.82, 2.24) is 28.7 Å². The first-order valence-electron chi connectivity index (χ1n) is 15.2. The van der Waals surface area contributed by atoms with Gasteiger partial charge in [0, 0.05) is 79.7 Å². The topological polar surface area (TPSA) is 70.7 Å². The Labute approximate surface area is 247 Å². The van der Waals surface area contributed by atoms with Crippen LogP contribution >= 0.6 is 0 Å². The minimum atomic E-state index is -0.122. The summed E-state index contributed by atoms with van der Waals surface area (Å²) in [5.41, 5.74) is 6.47. The molecule has 0 radical (unpaired) electrons. The first kappa shape index (κ1) is 26.9. The maximum absolute atomic E-state index is 13.1. The van der Waals surface area contributed by atoms with Gasteiger partial charge in [0.15, 0.2) is 0 Å². The minimum absolute atomic E-state index is 0.122. The highest BCUT2D eigenvalue weighted by atomic mass is 16.1. The standard InChI is InChI=1S/C34H39N7O/c1-23-32-31(24-8-12-27(13-9-24)36-34(42)30-22-26-6-4-5-7-29(26)39(30)3)37-33(41(32)17-16-35-23)25-10-14-28(15-11-25)40-20-18-38(2)19-21-40/h4-9,12-13,16-17,22,25,28H,10-11,14-15,18-21H2,1-3H3,(H,36,42). The van der Waals surface area contributed by atoms with Crippen molar-refractivity contribution >= 4 is 28.0 Å². The Bertz CT molecular complexity index is 1740. The maximum Gasteiger partial charge on any atom is 0.272 e. The second-order valence-corrected chi connectivity index (χ2v) is 12.1. The molecule has 0 bridgehead atoms. The molecule has 8 heteroatoms. The van der Waals surface area contributed by atoms with Crippen molar-refractivity contribution in [2.24, 2.45) is 7.05 Å². The third-order valence-corrected chi connectivity index (χ3v) is 9.48. The number of para-hydroxylation sites is 1. The third-order valence-electron chi connectivity index (χ3n) is 9.48. The summed E-state index contributed by atoms with van der Waals surface area (Å²) < 4.78 is 4.21. The number of hydrogen-bond acceptors (Lipinski definition) is 5. The summed E-state index contributed by atoms with van der Waals surface area (Å²) in [5, 5.41) is 4.13. The molecule has 1 aliphatic carbocycles. The Morgan fingerprint density at radius 2 is 1.67 bits per heavy atom. The van der Waals surface area contributed by atoms with E-state index in [0.717, 1.165) is 57.7 Å². The van der Waals surface area contributed by atoms with Gasteiger partial charge in [0.1, 0.15) is 11.5 Å². The number of likely N-dealkylation sites (N-methyl/N-ethyl adjacent to an activating group) is 1. The van der Waals surface area contributed by atoms with E-state index in [1.807, 2.05) is 60.3 Å². The van der Waals surface area contributed by atoms with Crippen molar-refractivity contribution in [3.63, 3.8) is 0 Å². The maximum atomic E-state index is 13.1. The molecule has 1 N–H and O–H groups in total. The number of piperazine rings is 1. The lowest BCUT2D eigenvalue weighted by Crippen LogP contribution is -2.49. The number of imidazole rings is 1. The Kier molecular flexibility index (Phi) is 7.04. The van der Waals surface area contributed by atoms with Gasteiger partial charge in [-0.1, -0.05) is 30.3 Å². The second-order valence-electron chi connectivity index (χ2n) is 12.1. The third kappa shape index (κ3) is 4.88. The average Bonchev–Trinajstić information content (AvgIpc) is 3.57. The van der Waals surface area contributed by atoms with Crippen LogP contribution in [0.15, 0.2) is 67.0 Å². The quantitative estimate of drug-likeness (QED) is 0.297. The van der Waals surface area contributed by atoms with E-state index in [1.54, 1.807) is 0 Å². The normalized spacial score (nSPS) is 20.4. The van der Waals surface area contributed by atoms with E-state index in [4.69, 9.17) is 4.98 Å². The summed E-state index contributed by atoms with van der Waals surface area (Å²) in [7, 11) is 4.15. The molecule has 2 aromatic carbocycles. The van der Waals surface area contributed by atoms with Crippen LogP contribution in [0.2, 0.25) is 0 Å². The monoisotopic (exact) mass is 561 g/mol. The van der Waals surface area contributed by atoms with Gasteiger partial charge in [-0.05, 0) is 63.9 Å². The Morgan fingerprint density at radius 1 is 0.929 bits per heavy atom. The van der Waals surface area contributed by atoms with Gasteiger partial charge >= 0.3 is 0 Å². The van der Waals surface area contributed by atoms with Crippen molar-refractivity contribution in [3.8, 4) is 11.3 Å². The number of aryl methyl sites for hydroxylation is 2. The summed E-state index contributed by atoms with van der Waals surface area (Å²) in [6, 6.07) is 18.7. The number of fused-ring (bicyclic) bond motifs is 2. The van der Waals surface area contributed by atoms with Crippen molar-refractivity contribution in [1.29, 1.82) is 0 Å². The van der Waals surface area contributed by atoms with Crippen LogP contribution in [0.1, 0.15) is 53.6 Å². The van der Waals surface area contributed by atoms with E-state index in [2.05, 4.69) is 56.8 Å². The van der Waals surface area contributed by atoms with Crippen molar-refractivity contribution < 1.29 is 4.79 Å². The van der Waals surface area contributed by atoms with Crippen molar-refractivity contribution in [2.45, 2.75) is 44.6 Å². The zero-order valence-electron chi connectivity index (χ0n) is 24.8. The number of amides is 1. The molecule has 0 unspecified atom stereocenters. The van der Waals surface area contributed by atoms with Crippen LogP contribution in [-0.4, -0.2) is 73.9 Å². The molecular weight excluding hydrogens is 522 g/mol. The molecule has 42 heavy (non-hydrogen) atoms. The van der Waals surface area contributed by atoms with Crippen LogP contribution in [-0.2, 0) is 7.05 Å². The predicted octanol–water partition coefficient (Wildman–Crippen LogP) is 5.72. The van der Waals surface area contributed by atoms with Crippen LogP contribution in [0.4, 0.5) is 5.69 Å². The lowest BCUT2D eigenvalue weighted by molar-refractivity contribution is 0.0872. The van der Waals surface area contributed by atoms with E-state index in [-0.39, 0.29) is 5.91 Å². The summed E-state index contributed by atoms with van der Waals surface area (Å²) >= 11 is 0. The van der Waals surface area contributed by atoms with Gasteiger partial charge in [-0.15, -0.1) is 0 Å². The highest BCUT2D eigenvalue weighted by molar-refractivity contribution is 6.06. The molecule has 3 aromatic heterocycles. The fourth-order valence-electron chi connectivity index (χ4n) is 7.01. The lowest BCUT2D eigenvalue weighted by Gasteiger charge is -2.41. The van der Waals surface area contributed by atoms with E-state index in [1.165, 1.54) is 39.0 Å². The number of nitrogens with zero attached hydrogens (tertiary/aromatic N) is 6. The summed E-state index contributed by atoms with van der Waals surface area (Å²) in [6.07, 6.45) is 8.74. The molecule has 2 fully saturated rings. The predicted molar refractivity (Wildman–Crippen MR) is 168 cm³/mol. The smallest absolute Gasteiger partial charge is 0.272 e. The number of nitrogens with one attached hydrogen (secondary N) is 1. The van der Waals surface area contributed by atoms with Gasteiger partial charge in [-0.3, -0.25) is 19.1 Å². The number of carbonyl (C=O) groups excluding carboxylic acids is 1.